The largest absolute Gasteiger partial charge is 0.493 e. The van der Waals surface area contributed by atoms with Crippen LogP contribution in [0.25, 0.3) is 22.0 Å². The topological polar surface area (TPSA) is 77.2 Å². The summed E-state index contributed by atoms with van der Waals surface area (Å²) >= 11 is 0. The smallest absolute Gasteiger partial charge is 0.336 e. The van der Waals surface area contributed by atoms with E-state index in [9.17, 15) is 9.59 Å². The average molecular weight is 364 g/mol. The normalized spacial score (nSPS) is 11.3. The first-order valence-electron chi connectivity index (χ1n) is 9.03. The molecule has 0 fully saturated rings. The highest BCUT2D eigenvalue weighted by Crippen LogP contribution is 2.23. The molecule has 0 aliphatic heterocycles. The second kappa shape index (κ2) is 7.15. The lowest BCUT2D eigenvalue weighted by Crippen LogP contribution is -2.18. The summed E-state index contributed by atoms with van der Waals surface area (Å²) in [6, 6.07) is 14.7. The van der Waals surface area contributed by atoms with Crippen LogP contribution < -0.4 is 16.1 Å². The molecule has 6 nitrogen and oxygen atoms in total. The highest BCUT2D eigenvalue weighted by Gasteiger charge is 2.07. The van der Waals surface area contributed by atoms with Crippen LogP contribution in [0.15, 0.2) is 62.5 Å². The first-order valence-corrected chi connectivity index (χ1v) is 9.03. The van der Waals surface area contributed by atoms with E-state index in [2.05, 4.69) is 4.98 Å². The molecule has 0 aliphatic rings. The van der Waals surface area contributed by atoms with Crippen LogP contribution >= 0.6 is 0 Å². The monoisotopic (exact) mass is 364 g/mol. The van der Waals surface area contributed by atoms with Crippen molar-refractivity contribution in [1.29, 1.82) is 0 Å². The molecule has 0 saturated heterocycles. The van der Waals surface area contributed by atoms with Crippen molar-refractivity contribution in [3.05, 3.63) is 75.0 Å². The molecule has 4 aromatic rings. The zero-order valence-corrected chi connectivity index (χ0v) is 15.0. The van der Waals surface area contributed by atoms with E-state index in [-0.39, 0.29) is 11.3 Å². The summed E-state index contributed by atoms with van der Waals surface area (Å²) in [6.45, 7) is 3.02. The van der Waals surface area contributed by atoms with Gasteiger partial charge in [-0.1, -0.05) is 19.1 Å². The van der Waals surface area contributed by atoms with E-state index < -0.39 is 0 Å². The van der Waals surface area contributed by atoms with Crippen molar-refractivity contribution in [2.45, 2.75) is 26.3 Å². The van der Waals surface area contributed by atoms with Crippen LogP contribution in [0.4, 0.5) is 0 Å². The molecular formula is C21H20N2O4. The first-order chi connectivity index (χ1) is 13.2. The van der Waals surface area contributed by atoms with Gasteiger partial charge in [0.1, 0.15) is 11.3 Å². The average Bonchev–Trinajstić information content (AvgIpc) is 2.99. The molecule has 2 aromatic carbocycles. The van der Waals surface area contributed by atoms with Crippen molar-refractivity contribution < 1.29 is 9.15 Å². The number of nitrogens with one attached hydrogen (secondary N) is 1. The lowest BCUT2D eigenvalue weighted by Gasteiger charge is -2.09. The zero-order valence-electron chi connectivity index (χ0n) is 15.0. The van der Waals surface area contributed by atoms with E-state index in [1.807, 2.05) is 43.3 Å². The molecule has 0 atom stereocenters. The number of H-pyrrole nitrogens is 1. The number of benzene rings is 2. The Morgan fingerprint density at radius 2 is 1.96 bits per heavy atom. The predicted molar refractivity (Wildman–Crippen MR) is 105 cm³/mol. The molecule has 6 heteroatoms. The first kappa shape index (κ1) is 17.1. The Labute approximate surface area is 155 Å². The summed E-state index contributed by atoms with van der Waals surface area (Å²) in [7, 11) is 0. The summed E-state index contributed by atoms with van der Waals surface area (Å²) in [4.78, 5) is 26.6. The maximum atomic E-state index is 12.1. The zero-order chi connectivity index (χ0) is 18.8. The molecule has 2 heterocycles. The van der Waals surface area contributed by atoms with Crippen LogP contribution in [0.3, 0.4) is 0 Å². The van der Waals surface area contributed by atoms with Crippen molar-refractivity contribution >= 4 is 22.0 Å². The third kappa shape index (κ3) is 3.38. The SMILES string of the molecule is CCc1cc(=O)oc2cc(OCCCn3c(=O)[nH]c4ccccc43)ccc12. The number of aryl methyl sites for hydroxylation is 2. The van der Waals surface area contributed by atoms with E-state index in [0.29, 0.717) is 30.9 Å². The minimum absolute atomic E-state index is 0.115. The van der Waals surface area contributed by atoms with Crippen LogP contribution in [0.1, 0.15) is 18.9 Å². The minimum Gasteiger partial charge on any atom is -0.493 e. The van der Waals surface area contributed by atoms with Crippen molar-refractivity contribution in [1.82, 2.24) is 9.55 Å². The summed E-state index contributed by atoms with van der Waals surface area (Å²) in [5.74, 6) is 0.644. The Morgan fingerprint density at radius 3 is 2.81 bits per heavy atom. The number of aromatic nitrogens is 2. The van der Waals surface area contributed by atoms with Crippen LogP contribution in [0.2, 0.25) is 0 Å². The highest BCUT2D eigenvalue weighted by atomic mass is 16.5. The lowest BCUT2D eigenvalue weighted by molar-refractivity contribution is 0.302. The van der Waals surface area contributed by atoms with Crippen LogP contribution in [-0.2, 0) is 13.0 Å². The molecule has 0 radical (unpaired) electrons. The maximum absolute atomic E-state index is 12.1. The van der Waals surface area contributed by atoms with Crippen molar-refractivity contribution in [3.63, 3.8) is 0 Å². The van der Waals surface area contributed by atoms with Gasteiger partial charge in [-0.15, -0.1) is 0 Å². The number of para-hydroxylation sites is 2. The fourth-order valence-corrected chi connectivity index (χ4v) is 3.33. The Balaban J connectivity index is 1.45. The van der Waals surface area contributed by atoms with E-state index in [1.54, 1.807) is 10.6 Å². The van der Waals surface area contributed by atoms with Gasteiger partial charge in [0.05, 0.1) is 17.6 Å². The molecule has 0 unspecified atom stereocenters. The third-order valence-corrected chi connectivity index (χ3v) is 4.66. The number of fused-ring (bicyclic) bond motifs is 2. The molecule has 2 aromatic heterocycles. The Kier molecular flexibility index (Phi) is 4.54. The van der Waals surface area contributed by atoms with Gasteiger partial charge < -0.3 is 14.1 Å². The summed E-state index contributed by atoms with van der Waals surface area (Å²) in [6.07, 6.45) is 1.44. The van der Waals surface area contributed by atoms with Crippen LogP contribution in [-0.4, -0.2) is 16.2 Å². The molecule has 0 spiro atoms. The fourth-order valence-electron chi connectivity index (χ4n) is 3.33. The van der Waals surface area contributed by atoms with Gasteiger partial charge in [0.2, 0.25) is 0 Å². The number of hydrogen-bond donors (Lipinski definition) is 1. The number of ether oxygens (including phenoxy) is 1. The maximum Gasteiger partial charge on any atom is 0.336 e. The number of hydrogen-bond acceptors (Lipinski definition) is 4. The standard InChI is InChI=1S/C21H20N2O4/c1-2-14-12-20(24)27-19-13-15(8-9-16(14)19)26-11-5-10-23-18-7-4-3-6-17(18)22-21(23)25/h3-4,6-9,12-13H,2,5,10-11H2,1H3,(H,22,25). The molecular weight excluding hydrogens is 344 g/mol. The van der Waals surface area contributed by atoms with E-state index in [0.717, 1.165) is 28.4 Å². The van der Waals surface area contributed by atoms with Gasteiger partial charge in [-0.3, -0.25) is 4.57 Å². The number of imidazole rings is 1. The second-order valence-electron chi connectivity index (χ2n) is 6.40. The van der Waals surface area contributed by atoms with Gasteiger partial charge in [0, 0.05) is 24.1 Å². The number of rotatable bonds is 6. The van der Waals surface area contributed by atoms with Crippen LogP contribution in [0.5, 0.6) is 5.75 Å². The Bertz CT molecular complexity index is 1220. The molecule has 0 aliphatic carbocycles. The molecule has 0 amide bonds. The quantitative estimate of drug-likeness (QED) is 0.420. The molecule has 27 heavy (non-hydrogen) atoms. The second-order valence-corrected chi connectivity index (χ2v) is 6.40. The van der Waals surface area contributed by atoms with Gasteiger partial charge in [-0.05, 0) is 42.7 Å². The van der Waals surface area contributed by atoms with Gasteiger partial charge >= 0.3 is 11.3 Å². The highest BCUT2D eigenvalue weighted by molar-refractivity contribution is 5.81. The van der Waals surface area contributed by atoms with Crippen molar-refractivity contribution in [2.24, 2.45) is 0 Å². The van der Waals surface area contributed by atoms with Crippen molar-refractivity contribution in [3.8, 4) is 5.75 Å². The van der Waals surface area contributed by atoms with E-state index in [4.69, 9.17) is 9.15 Å². The Morgan fingerprint density at radius 1 is 1.11 bits per heavy atom. The number of nitrogens with zero attached hydrogens (tertiary/aromatic N) is 1. The predicted octanol–water partition coefficient (Wildman–Crippen LogP) is 3.47. The molecule has 1 N–H and O–H groups in total. The summed E-state index contributed by atoms with van der Waals surface area (Å²) in [5.41, 5.74) is 2.75. The number of aromatic amines is 1. The summed E-state index contributed by atoms with van der Waals surface area (Å²) < 4.78 is 12.8. The minimum atomic E-state index is -0.352. The molecule has 138 valence electrons. The molecule has 4 rings (SSSR count). The Hall–Kier alpha value is -3.28. The van der Waals surface area contributed by atoms with E-state index >= 15 is 0 Å². The van der Waals surface area contributed by atoms with Gasteiger partial charge in [-0.25, -0.2) is 9.59 Å². The molecule has 0 bridgehead atoms. The third-order valence-electron chi connectivity index (χ3n) is 4.66. The van der Waals surface area contributed by atoms with Gasteiger partial charge in [0.25, 0.3) is 0 Å². The fraction of sp³-hybridized carbons (Fsp3) is 0.238. The van der Waals surface area contributed by atoms with Gasteiger partial charge in [0.15, 0.2) is 0 Å². The van der Waals surface area contributed by atoms with Gasteiger partial charge in [-0.2, -0.15) is 0 Å². The van der Waals surface area contributed by atoms with E-state index in [1.165, 1.54) is 6.07 Å². The van der Waals surface area contributed by atoms with Crippen LogP contribution in [0, 0.1) is 0 Å². The molecule has 0 saturated carbocycles. The van der Waals surface area contributed by atoms with Crippen molar-refractivity contribution in [2.75, 3.05) is 6.61 Å². The summed E-state index contributed by atoms with van der Waals surface area (Å²) in [5, 5.41) is 0.926. The lowest BCUT2D eigenvalue weighted by atomic mass is 10.1.